The zero-order valence-corrected chi connectivity index (χ0v) is 10.9. The van der Waals surface area contributed by atoms with Gasteiger partial charge in [-0.15, -0.1) is 0 Å². The number of carbonyl (C=O) groups excluding carboxylic acids is 1. The van der Waals surface area contributed by atoms with Gasteiger partial charge in [0.05, 0.1) is 0 Å². The molecule has 2 saturated heterocycles. The van der Waals surface area contributed by atoms with Crippen LogP contribution < -0.4 is 5.32 Å². The molecule has 0 bridgehead atoms. The molecule has 1 amide bonds. The summed E-state index contributed by atoms with van der Waals surface area (Å²) in [6.45, 7) is 2.15. The van der Waals surface area contributed by atoms with Gasteiger partial charge in [0.2, 0.25) is 5.91 Å². The monoisotopic (exact) mass is 244 g/mol. The first kappa shape index (κ1) is 11.7. The lowest BCUT2D eigenvalue weighted by molar-refractivity contribution is -0.120. The molecule has 3 heteroatoms. The highest BCUT2D eigenvalue weighted by Crippen LogP contribution is 2.42. The summed E-state index contributed by atoms with van der Waals surface area (Å²) in [4.78, 5) is 14.2. The van der Waals surface area contributed by atoms with E-state index >= 15 is 0 Å². The van der Waals surface area contributed by atoms with Crippen LogP contribution in [0.25, 0.3) is 0 Å². The third kappa shape index (κ3) is 1.93. The number of hydrogen-bond acceptors (Lipinski definition) is 2. The lowest BCUT2D eigenvalue weighted by atomic mass is 9.74. The number of nitrogens with one attached hydrogen (secondary N) is 1. The van der Waals surface area contributed by atoms with Crippen LogP contribution in [0.2, 0.25) is 0 Å². The Kier molecular flexibility index (Phi) is 2.86. The standard InChI is InChI=1S/C15H20N2O/c1-17-9-7-15(8-10-17)13(11-14(18)16-15)12-5-3-2-4-6-12/h2-6,13H,7-11H2,1H3,(H,16,18)/t13-/m0/s1. The van der Waals surface area contributed by atoms with E-state index in [1.807, 2.05) is 6.07 Å². The summed E-state index contributed by atoms with van der Waals surface area (Å²) >= 11 is 0. The number of hydrogen-bond donors (Lipinski definition) is 1. The molecule has 18 heavy (non-hydrogen) atoms. The van der Waals surface area contributed by atoms with Crippen molar-refractivity contribution in [3.63, 3.8) is 0 Å². The molecule has 0 radical (unpaired) electrons. The summed E-state index contributed by atoms with van der Waals surface area (Å²) in [5.41, 5.74) is 1.31. The van der Waals surface area contributed by atoms with Crippen LogP contribution in [-0.2, 0) is 4.79 Å². The first-order valence-corrected chi connectivity index (χ1v) is 6.74. The van der Waals surface area contributed by atoms with Crippen molar-refractivity contribution >= 4 is 5.91 Å². The second-order valence-corrected chi connectivity index (χ2v) is 5.67. The molecule has 2 fully saturated rings. The fraction of sp³-hybridized carbons (Fsp3) is 0.533. The van der Waals surface area contributed by atoms with Gasteiger partial charge in [-0.2, -0.15) is 0 Å². The number of carbonyl (C=O) groups is 1. The molecule has 0 aromatic heterocycles. The van der Waals surface area contributed by atoms with Crippen LogP contribution in [0.5, 0.6) is 0 Å². The Bertz CT molecular complexity index is 435. The Morgan fingerprint density at radius 3 is 2.56 bits per heavy atom. The Morgan fingerprint density at radius 1 is 1.22 bits per heavy atom. The first-order valence-electron chi connectivity index (χ1n) is 6.74. The maximum absolute atomic E-state index is 11.9. The predicted octanol–water partition coefficient (Wildman–Crippen LogP) is 1.75. The number of amides is 1. The molecule has 2 aliphatic heterocycles. The number of nitrogens with zero attached hydrogens (tertiary/aromatic N) is 1. The fourth-order valence-corrected chi connectivity index (χ4v) is 3.41. The zero-order valence-electron chi connectivity index (χ0n) is 10.9. The molecule has 2 aliphatic rings. The summed E-state index contributed by atoms with van der Waals surface area (Å²) < 4.78 is 0. The average molecular weight is 244 g/mol. The second kappa shape index (κ2) is 4.39. The van der Waals surface area contributed by atoms with Crippen LogP contribution in [0.4, 0.5) is 0 Å². The molecule has 1 N–H and O–H groups in total. The molecule has 3 nitrogen and oxygen atoms in total. The van der Waals surface area contributed by atoms with Crippen LogP contribution in [0.15, 0.2) is 30.3 Å². The molecule has 1 aromatic carbocycles. The van der Waals surface area contributed by atoms with Crippen molar-refractivity contribution in [2.24, 2.45) is 0 Å². The highest BCUT2D eigenvalue weighted by atomic mass is 16.2. The molecule has 0 unspecified atom stereocenters. The normalized spacial score (nSPS) is 27.4. The first-order chi connectivity index (χ1) is 8.70. The predicted molar refractivity (Wildman–Crippen MR) is 71.4 cm³/mol. The van der Waals surface area contributed by atoms with Crippen molar-refractivity contribution in [2.45, 2.75) is 30.7 Å². The van der Waals surface area contributed by atoms with E-state index in [4.69, 9.17) is 0 Å². The zero-order chi connectivity index (χ0) is 12.6. The van der Waals surface area contributed by atoms with Gasteiger partial charge in [0.1, 0.15) is 0 Å². The molecular weight excluding hydrogens is 224 g/mol. The summed E-state index contributed by atoms with van der Waals surface area (Å²) in [6, 6.07) is 10.5. The van der Waals surface area contributed by atoms with Crippen LogP contribution >= 0.6 is 0 Å². The fourth-order valence-electron chi connectivity index (χ4n) is 3.41. The van der Waals surface area contributed by atoms with Gasteiger partial charge in [0.15, 0.2) is 0 Å². The lowest BCUT2D eigenvalue weighted by Crippen LogP contribution is -2.52. The molecule has 0 aliphatic carbocycles. The van der Waals surface area contributed by atoms with Gasteiger partial charge < -0.3 is 10.2 Å². The van der Waals surface area contributed by atoms with Crippen molar-refractivity contribution in [3.8, 4) is 0 Å². The lowest BCUT2D eigenvalue weighted by Gasteiger charge is -2.41. The van der Waals surface area contributed by atoms with Gasteiger partial charge >= 0.3 is 0 Å². The van der Waals surface area contributed by atoms with Crippen molar-refractivity contribution in [3.05, 3.63) is 35.9 Å². The topological polar surface area (TPSA) is 32.3 Å². The van der Waals surface area contributed by atoms with Crippen molar-refractivity contribution in [1.29, 1.82) is 0 Å². The quantitative estimate of drug-likeness (QED) is 0.816. The number of benzene rings is 1. The van der Waals surface area contributed by atoms with Gasteiger partial charge in [0.25, 0.3) is 0 Å². The SMILES string of the molecule is CN1CCC2(CC1)NC(=O)C[C@H]2c1ccccc1. The second-order valence-electron chi connectivity index (χ2n) is 5.67. The van der Waals surface area contributed by atoms with Crippen LogP contribution in [0.1, 0.15) is 30.7 Å². The Labute approximate surface area is 108 Å². The van der Waals surface area contributed by atoms with E-state index in [1.165, 1.54) is 5.56 Å². The molecular formula is C15H20N2O. The maximum atomic E-state index is 11.9. The third-order valence-electron chi connectivity index (χ3n) is 4.53. The molecule has 96 valence electrons. The van der Waals surface area contributed by atoms with Crippen LogP contribution in [0, 0.1) is 0 Å². The summed E-state index contributed by atoms with van der Waals surface area (Å²) in [5, 5.41) is 3.27. The Balaban J connectivity index is 1.90. The highest BCUT2D eigenvalue weighted by Gasteiger charge is 2.48. The average Bonchev–Trinajstić information content (AvgIpc) is 2.71. The third-order valence-corrected chi connectivity index (χ3v) is 4.53. The van der Waals surface area contributed by atoms with E-state index in [1.54, 1.807) is 0 Å². The number of rotatable bonds is 1. The number of piperidine rings is 1. The molecule has 1 atom stereocenters. The summed E-state index contributed by atoms with van der Waals surface area (Å²) in [7, 11) is 2.15. The summed E-state index contributed by atoms with van der Waals surface area (Å²) in [6.07, 6.45) is 2.78. The van der Waals surface area contributed by atoms with Crippen LogP contribution in [-0.4, -0.2) is 36.5 Å². The van der Waals surface area contributed by atoms with E-state index in [2.05, 4.69) is 41.5 Å². The molecule has 0 saturated carbocycles. The minimum atomic E-state index is 0.00491. The molecule has 1 aromatic rings. The Morgan fingerprint density at radius 2 is 1.89 bits per heavy atom. The largest absolute Gasteiger partial charge is 0.350 e. The summed E-state index contributed by atoms with van der Waals surface area (Å²) in [5.74, 6) is 0.563. The van der Waals surface area contributed by atoms with E-state index in [0.29, 0.717) is 12.3 Å². The minimum Gasteiger partial charge on any atom is -0.350 e. The van der Waals surface area contributed by atoms with Crippen molar-refractivity contribution in [2.75, 3.05) is 20.1 Å². The smallest absolute Gasteiger partial charge is 0.221 e. The number of likely N-dealkylation sites (tertiary alicyclic amines) is 1. The molecule has 1 spiro atoms. The van der Waals surface area contributed by atoms with Gasteiger partial charge in [-0.3, -0.25) is 4.79 Å². The van der Waals surface area contributed by atoms with E-state index in [-0.39, 0.29) is 11.4 Å². The highest BCUT2D eigenvalue weighted by molar-refractivity contribution is 5.81. The van der Waals surface area contributed by atoms with Crippen LogP contribution in [0.3, 0.4) is 0 Å². The maximum Gasteiger partial charge on any atom is 0.221 e. The molecule has 2 heterocycles. The van der Waals surface area contributed by atoms with Gasteiger partial charge in [-0.05, 0) is 25.5 Å². The van der Waals surface area contributed by atoms with E-state index in [9.17, 15) is 4.79 Å². The van der Waals surface area contributed by atoms with Gasteiger partial charge in [-0.1, -0.05) is 30.3 Å². The molecule has 3 rings (SSSR count). The van der Waals surface area contributed by atoms with Gasteiger partial charge in [-0.25, -0.2) is 0 Å². The van der Waals surface area contributed by atoms with Crippen molar-refractivity contribution in [1.82, 2.24) is 10.2 Å². The minimum absolute atomic E-state index is 0.00491. The van der Waals surface area contributed by atoms with Gasteiger partial charge in [0, 0.05) is 31.0 Å². The van der Waals surface area contributed by atoms with Crippen molar-refractivity contribution < 1.29 is 4.79 Å². The Hall–Kier alpha value is -1.35. The van der Waals surface area contributed by atoms with E-state index in [0.717, 1.165) is 25.9 Å². The van der Waals surface area contributed by atoms with E-state index < -0.39 is 0 Å².